The zero-order chi connectivity index (χ0) is 20.1. The summed E-state index contributed by atoms with van der Waals surface area (Å²) in [6, 6.07) is 8.52. The van der Waals surface area contributed by atoms with Crippen molar-refractivity contribution in [3.8, 4) is 29.2 Å². The minimum Gasteiger partial charge on any atom is -0.493 e. The molecule has 0 radical (unpaired) electrons. The first-order chi connectivity index (χ1) is 13.6. The van der Waals surface area contributed by atoms with Crippen molar-refractivity contribution in [1.82, 2.24) is 9.88 Å². The molecule has 0 aliphatic carbocycles. The van der Waals surface area contributed by atoms with Gasteiger partial charge in [-0.05, 0) is 18.2 Å². The highest BCUT2D eigenvalue weighted by molar-refractivity contribution is 5.95. The number of aromatic nitrogens is 1. The topological polar surface area (TPSA) is 93.9 Å². The van der Waals surface area contributed by atoms with E-state index in [0.29, 0.717) is 53.8 Å². The van der Waals surface area contributed by atoms with Crippen LogP contribution in [0.3, 0.4) is 0 Å². The molecule has 0 bridgehead atoms. The first-order valence-corrected chi connectivity index (χ1v) is 8.71. The van der Waals surface area contributed by atoms with E-state index in [1.54, 1.807) is 29.2 Å². The molecule has 1 aromatic heterocycles. The van der Waals surface area contributed by atoms with Crippen molar-refractivity contribution in [3.05, 3.63) is 41.6 Å². The maximum atomic E-state index is 12.9. The molecule has 1 aromatic carbocycles. The lowest BCUT2D eigenvalue weighted by atomic mass is 10.1. The minimum atomic E-state index is -0.188. The largest absolute Gasteiger partial charge is 0.493 e. The van der Waals surface area contributed by atoms with Gasteiger partial charge in [0.25, 0.3) is 5.91 Å². The van der Waals surface area contributed by atoms with E-state index in [0.717, 1.165) is 0 Å². The van der Waals surface area contributed by atoms with Crippen LogP contribution in [-0.4, -0.2) is 56.3 Å². The summed E-state index contributed by atoms with van der Waals surface area (Å²) in [7, 11) is 4.53. The van der Waals surface area contributed by atoms with Crippen molar-refractivity contribution in [3.63, 3.8) is 0 Å². The molecule has 1 atom stereocenters. The van der Waals surface area contributed by atoms with E-state index in [1.807, 2.05) is 0 Å². The van der Waals surface area contributed by atoms with Crippen molar-refractivity contribution in [2.45, 2.75) is 12.5 Å². The second-order valence-corrected chi connectivity index (χ2v) is 6.19. The highest BCUT2D eigenvalue weighted by Crippen LogP contribution is 2.38. The van der Waals surface area contributed by atoms with Crippen molar-refractivity contribution >= 4 is 5.91 Å². The van der Waals surface area contributed by atoms with Crippen molar-refractivity contribution in [1.29, 1.82) is 5.26 Å². The molecule has 0 spiro atoms. The summed E-state index contributed by atoms with van der Waals surface area (Å²) in [5, 5.41) is 8.97. The molecule has 1 aliphatic rings. The Morgan fingerprint density at radius 2 is 1.89 bits per heavy atom. The summed E-state index contributed by atoms with van der Waals surface area (Å²) in [6.45, 7) is 0.978. The molecule has 146 valence electrons. The molecule has 1 amide bonds. The SMILES string of the molecule is COc1cc(C(=O)N2CCC(Oc3cc(C#N)ccn3)C2)cc(OC)c1OC. The third-order valence-electron chi connectivity index (χ3n) is 4.50. The Bertz CT molecular complexity index is 884. The Balaban J connectivity index is 1.73. The Kier molecular flexibility index (Phi) is 5.84. The maximum absolute atomic E-state index is 12.9. The number of pyridine rings is 1. The lowest BCUT2D eigenvalue weighted by Gasteiger charge is -2.19. The summed E-state index contributed by atoms with van der Waals surface area (Å²) in [6.07, 6.45) is 2.02. The number of nitriles is 1. The molecule has 3 rings (SSSR count). The van der Waals surface area contributed by atoms with Gasteiger partial charge in [-0.3, -0.25) is 4.79 Å². The van der Waals surface area contributed by atoms with Gasteiger partial charge < -0.3 is 23.8 Å². The molecule has 1 saturated heterocycles. The van der Waals surface area contributed by atoms with E-state index in [-0.39, 0.29) is 12.0 Å². The third kappa shape index (κ3) is 3.93. The molecule has 1 fully saturated rings. The van der Waals surface area contributed by atoms with Crippen LogP contribution in [0.25, 0.3) is 0 Å². The lowest BCUT2D eigenvalue weighted by Crippen LogP contribution is -2.31. The summed E-state index contributed by atoms with van der Waals surface area (Å²) >= 11 is 0. The van der Waals surface area contributed by atoms with Crippen LogP contribution in [0.5, 0.6) is 23.1 Å². The van der Waals surface area contributed by atoms with Gasteiger partial charge in [-0.1, -0.05) is 0 Å². The number of rotatable bonds is 6. The molecule has 8 heteroatoms. The number of carbonyl (C=O) groups is 1. The minimum absolute atomic E-state index is 0.149. The van der Waals surface area contributed by atoms with Gasteiger partial charge in [-0.2, -0.15) is 5.26 Å². The highest BCUT2D eigenvalue weighted by atomic mass is 16.5. The summed E-state index contributed by atoms with van der Waals surface area (Å²) in [5.41, 5.74) is 0.924. The molecule has 0 N–H and O–H groups in total. The number of nitrogens with zero attached hydrogens (tertiary/aromatic N) is 3. The Hall–Kier alpha value is -3.47. The van der Waals surface area contributed by atoms with Crippen LogP contribution >= 0.6 is 0 Å². The Labute approximate surface area is 163 Å². The third-order valence-corrected chi connectivity index (χ3v) is 4.50. The molecule has 1 unspecified atom stereocenters. The Morgan fingerprint density at radius 1 is 1.18 bits per heavy atom. The quantitative estimate of drug-likeness (QED) is 0.755. The molecule has 2 heterocycles. The van der Waals surface area contributed by atoms with Gasteiger partial charge in [0.2, 0.25) is 11.6 Å². The van der Waals surface area contributed by atoms with Crippen molar-refractivity contribution in [2.24, 2.45) is 0 Å². The van der Waals surface area contributed by atoms with Gasteiger partial charge in [-0.15, -0.1) is 0 Å². The number of benzene rings is 1. The average Bonchev–Trinajstić information content (AvgIpc) is 3.20. The van der Waals surface area contributed by atoms with Gasteiger partial charge in [0.05, 0.1) is 39.5 Å². The first kappa shape index (κ1) is 19.3. The van der Waals surface area contributed by atoms with Gasteiger partial charge in [0.15, 0.2) is 11.5 Å². The fourth-order valence-corrected chi connectivity index (χ4v) is 3.11. The molecule has 2 aromatic rings. The summed E-state index contributed by atoms with van der Waals surface area (Å²) < 4.78 is 21.8. The number of hydrogen-bond donors (Lipinski definition) is 0. The van der Waals surface area contributed by atoms with Crippen LogP contribution < -0.4 is 18.9 Å². The zero-order valence-electron chi connectivity index (χ0n) is 16.0. The van der Waals surface area contributed by atoms with Crippen molar-refractivity contribution < 1.29 is 23.7 Å². The van der Waals surface area contributed by atoms with E-state index in [4.69, 9.17) is 24.2 Å². The fraction of sp³-hybridized carbons (Fsp3) is 0.350. The molecule has 1 aliphatic heterocycles. The van der Waals surface area contributed by atoms with E-state index in [9.17, 15) is 4.79 Å². The lowest BCUT2D eigenvalue weighted by molar-refractivity contribution is 0.0770. The Morgan fingerprint density at radius 3 is 2.50 bits per heavy atom. The molecule has 8 nitrogen and oxygen atoms in total. The highest BCUT2D eigenvalue weighted by Gasteiger charge is 2.30. The van der Waals surface area contributed by atoms with E-state index in [1.165, 1.54) is 27.5 Å². The van der Waals surface area contributed by atoms with Crippen LogP contribution in [0.2, 0.25) is 0 Å². The van der Waals surface area contributed by atoms with Crippen LogP contribution in [0.15, 0.2) is 30.5 Å². The number of hydrogen-bond acceptors (Lipinski definition) is 7. The number of ether oxygens (including phenoxy) is 4. The van der Waals surface area contributed by atoms with Gasteiger partial charge in [0.1, 0.15) is 6.10 Å². The smallest absolute Gasteiger partial charge is 0.254 e. The first-order valence-electron chi connectivity index (χ1n) is 8.71. The van der Waals surface area contributed by atoms with E-state index in [2.05, 4.69) is 11.1 Å². The number of carbonyl (C=O) groups excluding carboxylic acids is 1. The van der Waals surface area contributed by atoms with E-state index < -0.39 is 0 Å². The molecular weight excluding hydrogens is 362 g/mol. The van der Waals surface area contributed by atoms with Crippen molar-refractivity contribution in [2.75, 3.05) is 34.4 Å². The predicted octanol–water partition coefficient (Wildman–Crippen LogP) is 2.27. The summed E-state index contributed by atoms with van der Waals surface area (Å²) in [4.78, 5) is 18.8. The summed E-state index contributed by atoms with van der Waals surface area (Å²) in [5.74, 6) is 1.52. The average molecular weight is 383 g/mol. The fourth-order valence-electron chi connectivity index (χ4n) is 3.11. The number of methoxy groups -OCH3 is 3. The number of likely N-dealkylation sites (tertiary alicyclic amines) is 1. The molecule has 28 heavy (non-hydrogen) atoms. The van der Waals surface area contributed by atoms with Crippen LogP contribution in [-0.2, 0) is 0 Å². The normalized spacial score (nSPS) is 15.6. The molecular formula is C20H21N3O5. The zero-order valence-corrected chi connectivity index (χ0v) is 16.0. The second kappa shape index (κ2) is 8.48. The maximum Gasteiger partial charge on any atom is 0.254 e. The molecule has 0 saturated carbocycles. The predicted molar refractivity (Wildman–Crippen MR) is 100.0 cm³/mol. The van der Waals surface area contributed by atoms with Gasteiger partial charge in [-0.25, -0.2) is 4.98 Å². The van der Waals surface area contributed by atoms with E-state index >= 15 is 0 Å². The monoisotopic (exact) mass is 383 g/mol. The standard InChI is InChI=1S/C20H21N3O5/c1-25-16-9-14(10-17(26-2)19(16)27-3)20(24)23-7-5-15(12-23)28-18-8-13(11-21)4-6-22-18/h4,6,8-10,15H,5,7,12H2,1-3H3. The van der Waals surface area contributed by atoms with Crippen LogP contribution in [0, 0.1) is 11.3 Å². The van der Waals surface area contributed by atoms with Crippen LogP contribution in [0.4, 0.5) is 0 Å². The van der Waals surface area contributed by atoms with Gasteiger partial charge in [0, 0.05) is 30.8 Å². The number of amides is 1. The second-order valence-electron chi connectivity index (χ2n) is 6.19. The van der Waals surface area contributed by atoms with Gasteiger partial charge >= 0.3 is 0 Å². The van der Waals surface area contributed by atoms with Crippen LogP contribution in [0.1, 0.15) is 22.3 Å².